The number of benzene rings is 3. The van der Waals surface area contributed by atoms with Gasteiger partial charge in [0.15, 0.2) is 5.76 Å². The van der Waals surface area contributed by atoms with Crippen LogP contribution in [0.15, 0.2) is 82.1 Å². The average molecular weight is 498 g/mol. The SMILES string of the molecule is Cc1c(C(=O)NNC(=O)c2cccc(S(=O)(=O)NCc3ccccc3)c2)oc2ccc(Cl)cc12. The largest absolute Gasteiger partial charge is 0.451 e. The molecule has 0 aliphatic carbocycles. The van der Waals surface area contributed by atoms with Gasteiger partial charge in [-0.15, -0.1) is 0 Å². The first kappa shape index (κ1) is 23.5. The van der Waals surface area contributed by atoms with Crippen LogP contribution in [0.1, 0.15) is 32.0 Å². The number of hydrazine groups is 1. The molecule has 4 aromatic rings. The lowest BCUT2D eigenvalue weighted by molar-refractivity contribution is 0.0831. The molecule has 0 spiro atoms. The van der Waals surface area contributed by atoms with Gasteiger partial charge in [0.05, 0.1) is 4.90 Å². The summed E-state index contributed by atoms with van der Waals surface area (Å²) in [6.45, 7) is 1.81. The Morgan fingerprint density at radius 2 is 1.65 bits per heavy atom. The summed E-state index contributed by atoms with van der Waals surface area (Å²) >= 11 is 6.00. The number of aryl methyl sites for hydroxylation is 1. The second kappa shape index (κ2) is 9.68. The smallest absolute Gasteiger partial charge is 0.305 e. The highest BCUT2D eigenvalue weighted by Crippen LogP contribution is 2.27. The van der Waals surface area contributed by atoms with Crippen LogP contribution in [0, 0.1) is 6.92 Å². The standard InChI is InChI=1S/C24H20ClN3O5S/c1-15-20-13-18(25)10-11-21(20)33-22(15)24(30)28-27-23(29)17-8-5-9-19(12-17)34(31,32)26-14-16-6-3-2-4-7-16/h2-13,26H,14H2,1H3,(H,27,29)(H,28,30). The number of furan rings is 1. The van der Waals surface area contributed by atoms with Crippen LogP contribution >= 0.6 is 11.6 Å². The van der Waals surface area contributed by atoms with Crippen molar-refractivity contribution in [1.29, 1.82) is 0 Å². The molecule has 4 rings (SSSR count). The Kier molecular flexibility index (Phi) is 6.69. The summed E-state index contributed by atoms with van der Waals surface area (Å²) in [5, 5.41) is 1.19. The Morgan fingerprint density at radius 3 is 2.41 bits per heavy atom. The molecule has 0 atom stereocenters. The van der Waals surface area contributed by atoms with Gasteiger partial charge in [-0.25, -0.2) is 13.1 Å². The van der Waals surface area contributed by atoms with Crippen LogP contribution in [0.2, 0.25) is 5.02 Å². The molecule has 8 nitrogen and oxygen atoms in total. The monoisotopic (exact) mass is 497 g/mol. The van der Waals surface area contributed by atoms with E-state index in [1.807, 2.05) is 18.2 Å². The van der Waals surface area contributed by atoms with Gasteiger partial charge < -0.3 is 4.42 Å². The molecule has 3 aromatic carbocycles. The molecule has 174 valence electrons. The number of nitrogens with one attached hydrogen (secondary N) is 3. The third-order valence-electron chi connectivity index (χ3n) is 5.11. The summed E-state index contributed by atoms with van der Waals surface area (Å²) in [6, 6.07) is 19.5. The summed E-state index contributed by atoms with van der Waals surface area (Å²) in [5.74, 6) is -1.32. The highest BCUT2D eigenvalue weighted by molar-refractivity contribution is 7.89. The average Bonchev–Trinajstić information content (AvgIpc) is 3.17. The number of rotatable bonds is 6. The predicted octanol–water partition coefficient (Wildman–Crippen LogP) is 3.95. The Morgan fingerprint density at radius 1 is 0.912 bits per heavy atom. The molecule has 1 aromatic heterocycles. The maximum atomic E-state index is 12.6. The normalized spacial score (nSPS) is 11.4. The van der Waals surface area contributed by atoms with Gasteiger partial charge in [0, 0.05) is 28.1 Å². The van der Waals surface area contributed by atoms with Crippen molar-refractivity contribution in [2.45, 2.75) is 18.4 Å². The molecular weight excluding hydrogens is 478 g/mol. The molecule has 34 heavy (non-hydrogen) atoms. The first-order valence-corrected chi connectivity index (χ1v) is 12.0. The van der Waals surface area contributed by atoms with Gasteiger partial charge in [0.1, 0.15) is 5.58 Å². The fourth-order valence-electron chi connectivity index (χ4n) is 3.31. The van der Waals surface area contributed by atoms with Crippen molar-refractivity contribution in [1.82, 2.24) is 15.6 Å². The number of halogens is 1. The highest BCUT2D eigenvalue weighted by Gasteiger charge is 2.20. The topological polar surface area (TPSA) is 118 Å². The zero-order chi connectivity index (χ0) is 24.3. The predicted molar refractivity (Wildman–Crippen MR) is 128 cm³/mol. The number of hydrogen-bond donors (Lipinski definition) is 3. The van der Waals surface area contributed by atoms with E-state index in [2.05, 4.69) is 15.6 Å². The zero-order valence-corrected chi connectivity index (χ0v) is 19.5. The molecular formula is C24H20ClN3O5S. The van der Waals surface area contributed by atoms with Crippen LogP contribution in [0.4, 0.5) is 0 Å². The van der Waals surface area contributed by atoms with Crippen LogP contribution < -0.4 is 15.6 Å². The maximum absolute atomic E-state index is 12.6. The van der Waals surface area contributed by atoms with Crippen molar-refractivity contribution in [3.8, 4) is 0 Å². The van der Waals surface area contributed by atoms with E-state index in [1.165, 1.54) is 24.3 Å². The summed E-state index contributed by atoms with van der Waals surface area (Å²) in [7, 11) is -3.86. The Balaban J connectivity index is 1.43. The van der Waals surface area contributed by atoms with Crippen molar-refractivity contribution in [3.05, 3.63) is 100 Å². The van der Waals surface area contributed by atoms with Crippen molar-refractivity contribution < 1.29 is 22.4 Å². The van der Waals surface area contributed by atoms with Gasteiger partial charge >= 0.3 is 5.91 Å². The summed E-state index contributed by atoms with van der Waals surface area (Å²) in [5.41, 5.74) is 6.47. The summed E-state index contributed by atoms with van der Waals surface area (Å²) in [6.07, 6.45) is 0. The first-order valence-electron chi connectivity index (χ1n) is 10.2. The van der Waals surface area contributed by atoms with Gasteiger partial charge in [-0.2, -0.15) is 0 Å². The lowest BCUT2D eigenvalue weighted by atomic mass is 10.1. The minimum absolute atomic E-state index is 0.0269. The molecule has 10 heteroatoms. The molecule has 0 unspecified atom stereocenters. The van der Waals surface area contributed by atoms with Gasteiger partial charge in [-0.05, 0) is 48.9 Å². The molecule has 0 fully saturated rings. The molecule has 2 amide bonds. The van der Waals surface area contributed by atoms with E-state index in [0.717, 1.165) is 5.56 Å². The van der Waals surface area contributed by atoms with Crippen LogP contribution in [0.25, 0.3) is 11.0 Å². The molecule has 0 radical (unpaired) electrons. The zero-order valence-electron chi connectivity index (χ0n) is 18.0. The van der Waals surface area contributed by atoms with Crippen molar-refractivity contribution in [3.63, 3.8) is 0 Å². The molecule has 0 bridgehead atoms. The van der Waals surface area contributed by atoms with E-state index in [1.54, 1.807) is 37.3 Å². The second-order valence-corrected chi connectivity index (χ2v) is 9.65. The minimum Gasteiger partial charge on any atom is -0.451 e. The van der Waals surface area contributed by atoms with E-state index in [-0.39, 0.29) is 22.8 Å². The van der Waals surface area contributed by atoms with Gasteiger partial charge in [0.25, 0.3) is 5.91 Å². The number of sulfonamides is 1. The number of carbonyl (C=O) groups is 2. The third-order valence-corrected chi connectivity index (χ3v) is 6.74. The first-order chi connectivity index (χ1) is 16.2. The molecule has 3 N–H and O–H groups in total. The molecule has 0 saturated heterocycles. The number of amides is 2. The van der Waals surface area contributed by atoms with E-state index < -0.39 is 21.8 Å². The number of carbonyl (C=O) groups excluding carboxylic acids is 2. The van der Waals surface area contributed by atoms with Crippen LogP contribution in [-0.4, -0.2) is 20.2 Å². The number of hydrogen-bond acceptors (Lipinski definition) is 5. The second-order valence-electron chi connectivity index (χ2n) is 7.44. The fourth-order valence-corrected chi connectivity index (χ4v) is 4.55. The molecule has 0 aliphatic rings. The van der Waals surface area contributed by atoms with Gasteiger partial charge in [-0.1, -0.05) is 48.0 Å². The van der Waals surface area contributed by atoms with Gasteiger partial charge in [-0.3, -0.25) is 20.4 Å². The van der Waals surface area contributed by atoms with E-state index in [0.29, 0.717) is 21.6 Å². The lowest BCUT2D eigenvalue weighted by Crippen LogP contribution is -2.41. The number of fused-ring (bicyclic) bond motifs is 1. The minimum atomic E-state index is -3.86. The molecule has 1 heterocycles. The van der Waals surface area contributed by atoms with E-state index in [9.17, 15) is 18.0 Å². The van der Waals surface area contributed by atoms with Gasteiger partial charge in [0.2, 0.25) is 10.0 Å². The van der Waals surface area contributed by atoms with Crippen LogP contribution in [0.3, 0.4) is 0 Å². The van der Waals surface area contributed by atoms with Crippen LogP contribution in [0.5, 0.6) is 0 Å². The highest BCUT2D eigenvalue weighted by atomic mass is 35.5. The molecule has 0 aliphatic heterocycles. The summed E-state index contributed by atoms with van der Waals surface area (Å²) in [4.78, 5) is 25.0. The maximum Gasteiger partial charge on any atom is 0.305 e. The van der Waals surface area contributed by atoms with Crippen molar-refractivity contribution in [2.24, 2.45) is 0 Å². The lowest BCUT2D eigenvalue weighted by Gasteiger charge is -2.10. The van der Waals surface area contributed by atoms with Crippen LogP contribution in [-0.2, 0) is 16.6 Å². The summed E-state index contributed by atoms with van der Waals surface area (Å²) < 4.78 is 33.4. The van der Waals surface area contributed by atoms with Crippen molar-refractivity contribution >= 4 is 44.4 Å². The van der Waals surface area contributed by atoms with E-state index >= 15 is 0 Å². The third kappa shape index (κ3) is 5.12. The molecule has 0 saturated carbocycles. The quantitative estimate of drug-likeness (QED) is 0.349. The Bertz CT molecular complexity index is 1480. The Hall–Kier alpha value is -3.66. The van der Waals surface area contributed by atoms with Crippen molar-refractivity contribution in [2.75, 3.05) is 0 Å². The fraction of sp³-hybridized carbons (Fsp3) is 0.0833. The Labute approximate surface area is 200 Å². The van der Waals surface area contributed by atoms with E-state index in [4.69, 9.17) is 16.0 Å².